The summed E-state index contributed by atoms with van der Waals surface area (Å²) >= 11 is 0. The normalized spacial score (nSPS) is 14.3. The summed E-state index contributed by atoms with van der Waals surface area (Å²) in [6.07, 6.45) is 7.57. The summed E-state index contributed by atoms with van der Waals surface area (Å²) in [4.78, 5) is 0. The van der Waals surface area contributed by atoms with E-state index in [1.165, 1.54) is 0 Å². The lowest BCUT2D eigenvalue weighted by atomic mass is 10.1. The summed E-state index contributed by atoms with van der Waals surface area (Å²) in [6, 6.07) is 0. The Kier molecular flexibility index (Phi) is 6.61. The Hall–Kier alpha value is -0.300. The van der Waals surface area contributed by atoms with Gasteiger partial charge in [-0.15, -0.1) is 0 Å². The van der Waals surface area contributed by atoms with Crippen molar-refractivity contribution in [3.63, 3.8) is 0 Å². The molecule has 1 radical (unpaired) electrons. The summed E-state index contributed by atoms with van der Waals surface area (Å²) in [5, 5.41) is 10.3. The fourth-order valence-corrected chi connectivity index (χ4v) is 0.834. The molecule has 0 aliphatic rings. The first kappa shape index (κ1) is 9.70. The smallest absolute Gasteiger partial charge is 0.0847 e. The Labute approximate surface area is 63.8 Å². The number of unbranched alkanes of at least 4 members (excludes halogenated alkanes) is 1. The number of hydrogen-bond acceptors (Lipinski definition) is 0. The van der Waals surface area contributed by atoms with Crippen LogP contribution in [0.1, 0.15) is 33.1 Å². The molecule has 0 bridgehead atoms. The van der Waals surface area contributed by atoms with E-state index in [9.17, 15) is 5.11 Å². The highest BCUT2D eigenvalue weighted by molar-refractivity contribution is 4.76. The molecular formula is C9H17O. The molecule has 1 heteroatoms. The largest absolute Gasteiger partial charge is 0.236 e. The molecule has 0 aliphatic carbocycles. The first-order valence-electron chi connectivity index (χ1n) is 4.00. The minimum atomic E-state index is 0.0792. The van der Waals surface area contributed by atoms with E-state index in [1.807, 2.05) is 13.8 Å². The van der Waals surface area contributed by atoms with Crippen LogP contribution >= 0.6 is 0 Å². The van der Waals surface area contributed by atoms with E-state index in [2.05, 4.69) is 12.2 Å². The maximum absolute atomic E-state index is 10.3. The van der Waals surface area contributed by atoms with Crippen LogP contribution in [0, 0.1) is 5.92 Å². The zero-order chi connectivity index (χ0) is 7.82. The summed E-state index contributed by atoms with van der Waals surface area (Å²) in [5.74, 6) is 0.366. The SMILES string of the molecule is CC=CCCCC(C)C[O]. The molecule has 0 rings (SSSR count). The fourth-order valence-electron chi connectivity index (χ4n) is 0.834. The number of rotatable bonds is 5. The Morgan fingerprint density at radius 2 is 2.20 bits per heavy atom. The molecule has 1 unspecified atom stereocenters. The van der Waals surface area contributed by atoms with Gasteiger partial charge in [0.25, 0.3) is 0 Å². The molecule has 1 atom stereocenters. The third-order valence-corrected chi connectivity index (χ3v) is 1.59. The number of allylic oxidation sites excluding steroid dienone is 2. The molecule has 0 heterocycles. The molecule has 0 amide bonds. The van der Waals surface area contributed by atoms with E-state index < -0.39 is 0 Å². The van der Waals surface area contributed by atoms with Gasteiger partial charge in [-0.25, -0.2) is 5.11 Å². The predicted octanol–water partition coefficient (Wildman–Crippen LogP) is 2.80. The van der Waals surface area contributed by atoms with E-state index >= 15 is 0 Å². The zero-order valence-corrected chi connectivity index (χ0v) is 6.97. The van der Waals surface area contributed by atoms with Crippen molar-refractivity contribution in [2.24, 2.45) is 5.92 Å². The highest BCUT2D eigenvalue weighted by Gasteiger charge is 1.97. The van der Waals surface area contributed by atoms with E-state index in [4.69, 9.17) is 0 Å². The lowest BCUT2D eigenvalue weighted by Crippen LogP contribution is -1.97. The van der Waals surface area contributed by atoms with Gasteiger partial charge < -0.3 is 0 Å². The van der Waals surface area contributed by atoms with Crippen molar-refractivity contribution >= 4 is 0 Å². The molecule has 0 saturated carbocycles. The number of hydrogen-bond donors (Lipinski definition) is 0. The van der Waals surface area contributed by atoms with Crippen molar-refractivity contribution in [2.45, 2.75) is 33.1 Å². The third-order valence-electron chi connectivity index (χ3n) is 1.59. The van der Waals surface area contributed by atoms with Crippen molar-refractivity contribution in [1.29, 1.82) is 0 Å². The Morgan fingerprint density at radius 1 is 1.50 bits per heavy atom. The molecule has 0 N–H and O–H groups in total. The van der Waals surface area contributed by atoms with E-state index in [0.717, 1.165) is 19.3 Å². The van der Waals surface area contributed by atoms with E-state index in [0.29, 0.717) is 5.92 Å². The second-order valence-electron chi connectivity index (χ2n) is 2.77. The van der Waals surface area contributed by atoms with Gasteiger partial charge in [0.2, 0.25) is 0 Å². The molecule has 0 aromatic rings. The van der Waals surface area contributed by atoms with Crippen LogP contribution in [-0.2, 0) is 5.11 Å². The standard InChI is InChI=1S/C9H17O/c1-3-4-5-6-7-9(2)8-10/h3-4,9H,5-8H2,1-2H3. The van der Waals surface area contributed by atoms with E-state index in [-0.39, 0.29) is 6.61 Å². The molecule has 0 fully saturated rings. The van der Waals surface area contributed by atoms with Crippen LogP contribution < -0.4 is 0 Å². The summed E-state index contributed by atoms with van der Waals surface area (Å²) in [7, 11) is 0. The highest BCUT2D eigenvalue weighted by Crippen LogP contribution is 2.06. The average Bonchev–Trinajstić information content (AvgIpc) is 1.98. The van der Waals surface area contributed by atoms with Crippen molar-refractivity contribution in [3.8, 4) is 0 Å². The first-order valence-corrected chi connectivity index (χ1v) is 4.00. The van der Waals surface area contributed by atoms with Crippen LogP contribution in [-0.4, -0.2) is 6.61 Å². The highest BCUT2D eigenvalue weighted by atomic mass is 16.3. The lowest BCUT2D eigenvalue weighted by Gasteiger charge is -2.02. The second kappa shape index (κ2) is 6.81. The molecule has 0 spiro atoms. The molecule has 0 aromatic carbocycles. The first-order chi connectivity index (χ1) is 4.81. The summed E-state index contributed by atoms with van der Waals surface area (Å²) < 4.78 is 0. The van der Waals surface area contributed by atoms with Gasteiger partial charge in [0.05, 0.1) is 6.61 Å². The van der Waals surface area contributed by atoms with Crippen LogP contribution in [0.3, 0.4) is 0 Å². The quantitative estimate of drug-likeness (QED) is 0.414. The Balaban J connectivity index is 3.03. The van der Waals surface area contributed by atoms with Crippen molar-refractivity contribution in [2.75, 3.05) is 6.61 Å². The predicted molar refractivity (Wildman–Crippen MR) is 43.4 cm³/mol. The van der Waals surface area contributed by atoms with Crippen LogP contribution in [0.4, 0.5) is 0 Å². The van der Waals surface area contributed by atoms with Crippen molar-refractivity contribution in [1.82, 2.24) is 0 Å². The Morgan fingerprint density at radius 3 is 2.70 bits per heavy atom. The van der Waals surface area contributed by atoms with Crippen LogP contribution in [0.2, 0.25) is 0 Å². The minimum Gasteiger partial charge on any atom is -0.236 e. The average molecular weight is 141 g/mol. The van der Waals surface area contributed by atoms with Crippen molar-refractivity contribution < 1.29 is 5.11 Å². The van der Waals surface area contributed by atoms with Gasteiger partial charge in [-0.1, -0.05) is 19.1 Å². The van der Waals surface area contributed by atoms with Crippen LogP contribution in [0.15, 0.2) is 12.2 Å². The molecule has 0 saturated heterocycles. The third kappa shape index (κ3) is 5.83. The topological polar surface area (TPSA) is 19.9 Å². The van der Waals surface area contributed by atoms with Crippen LogP contribution in [0.25, 0.3) is 0 Å². The summed E-state index contributed by atoms with van der Waals surface area (Å²) in [5.41, 5.74) is 0. The maximum Gasteiger partial charge on any atom is 0.0847 e. The minimum absolute atomic E-state index is 0.0792. The summed E-state index contributed by atoms with van der Waals surface area (Å²) in [6.45, 7) is 4.12. The molecule has 59 valence electrons. The fraction of sp³-hybridized carbons (Fsp3) is 0.778. The van der Waals surface area contributed by atoms with Crippen molar-refractivity contribution in [3.05, 3.63) is 12.2 Å². The monoisotopic (exact) mass is 141 g/mol. The van der Waals surface area contributed by atoms with Gasteiger partial charge in [0.15, 0.2) is 0 Å². The van der Waals surface area contributed by atoms with Gasteiger partial charge in [0.1, 0.15) is 0 Å². The van der Waals surface area contributed by atoms with Gasteiger partial charge >= 0.3 is 0 Å². The zero-order valence-electron chi connectivity index (χ0n) is 6.97. The van der Waals surface area contributed by atoms with Gasteiger partial charge in [-0.2, -0.15) is 0 Å². The molecule has 0 aromatic heterocycles. The second-order valence-corrected chi connectivity index (χ2v) is 2.77. The molecule has 10 heavy (non-hydrogen) atoms. The lowest BCUT2D eigenvalue weighted by molar-refractivity contribution is 0.146. The maximum atomic E-state index is 10.3. The molecule has 0 aliphatic heterocycles. The van der Waals surface area contributed by atoms with Crippen LogP contribution in [0.5, 0.6) is 0 Å². The molecule has 1 nitrogen and oxygen atoms in total. The van der Waals surface area contributed by atoms with Gasteiger partial charge in [-0.05, 0) is 32.1 Å². The van der Waals surface area contributed by atoms with Gasteiger partial charge in [-0.3, -0.25) is 0 Å². The van der Waals surface area contributed by atoms with Gasteiger partial charge in [0, 0.05) is 0 Å². The van der Waals surface area contributed by atoms with E-state index in [1.54, 1.807) is 0 Å². The Bertz CT molecular complexity index is 86.7. The molecular weight excluding hydrogens is 124 g/mol.